The fourth-order valence-corrected chi connectivity index (χ4v) is 5.21. The van der Waals surface area contributed by atoms with Crippen molar-refractivity contribution in [2.45, 2.75) is 45.3 Å². The Morgan fingerprint density at radius 2 is 1.51 bits per heavy atom. The monoisotopic (exact) mass is 589 g/mol. The summed E-state index contributed by atoms with van der Waals surface area (Å²) in [7, 11) is -3.81. The molecule has 1 N–H and O–H groups in total. The Kier molecular flexibility index (Phi) is 10.8. The number of nitrogens with one attached hydrogen (secondary N) is 1. The lowest BCUT2D eigenvalue weighted by Crippen LogP contribution is -2.54. The lowest BCUT2D eigenvalue weighted by atomic mass is 10.0. The number of para-hydroxylation sites is 1. The van der Waals surface area contributed by atoms with Crippen LogP contribution in [-0.2, 0) is 32.6 Å². The summed E-state index contributed by atoms with van der Waals surface area (Å²) in [6.45, 7) is 3.39. The zero-order chi connectivity index (χ0) is 28.6. The number of anilines is 1. The van der Waals surface area contributed by atoms with Gasteiger partial charge >= 0.3 is 0 Å². The Labute approximate surface area is 240 Å². The number of amides is 2. The van der Waals surface area contributed by atoms with Gasteiger partial charge in [0.05, 0.1) is 22.0 Å². The fourth-order valence-electron chi connectivity index (χ4n) is 4.04. The number of hydrogen-bond donors (Lipinski definition) is 1. The first-order valence-corrected chi connectivity index (χ1v) is 15.2. The summed E-state index contributed by atoms with van der Waals surface area (Å²) < 4.78 is 26.6. The number of hydrogen-bond acceptors (Lipinski definition) is 4. The molecule has 0 aromatic heterocycles. The molecular weight excluding hydrogens is 557 g/mol. The number of nitrogens with zero attached hydrogens (tertiary/aromatic N) is 2. The van der Waals surface area contributed by atoms with Crippen LogP contribution in [-0.4, -0.2) is 50.0 Å². The average Bonchev–Trinajstić information content (AvgIpc) is 2.91. The summed E-state index contributed by atoms with van der Waals surface area (Å²) >= 11 is 12.4. The summed E-state index contributed by atoms with van der Waals surface area (Å²) in [5.74, 6) is -0.859. The highest BCUT2D eigenvalue weighted by Gasteiger charge is 2.33. The third kappa shape index (κ3) is 8.71. The van der Waals surface area contributed by atoms with Crippen LogP contribution in [0, 0.1) is 0 Å². The van der Waals surface area contributed by atoms with E-state index >= 15 is 0 Å². The van der Waals surface area contributed by atoms with Gasteiger partial charge in [0.1, 0.15) is 12.6 Å². The molecule has 0 saturated carbocycles. The highest BCUT2D eigenvalue weighted by atomic mass is 35.5. The molecule has 208 valence electrons. The molecule has 0 spiro atoms. The number of benzene rings is 3. The molecule has 0 unspecified atom stereocenters. The maximum Gasteiger partial charge on any atom is 0.244 e. The Balaban J connectivity index is 2.06. The highest BCUT2D eigenvalue weighted by Crippen LogP contribution is 2.25. The standard InChI is InChI=1S/C29H33Cl2N3O4S/c1-4-21(2)32-29(36)27(18-22-11-7-5-8-12-22)33(19-23-15-16-25(30)26(31)17-23)28(35)20-34(39(3,37)38)24-13-9-6-10-14-24/h5-17,21,27H,4,18-20H2,1-3H3,(H,32,36)/t21-,27-/m0/s1. The summed E-state index contributed by atoms with van der Waals surface area (Å²) in [4.78, 5) is 29.1. The molecule has 0 aliphatic carbocycles. The number of halogens is 2. The normalized spacial score (nSPS) is 12.8. The van der Waals surface area contributed by atoms with Gasteiger partial charge in [0.25, 0.3) is 0 Å². The zero-order valence-corrected chi connectivity index (χ0v) is 24.5. The van der Waals surface area contributed by atoms with Gasteiger partial charge < -0.3 is 10.2 Å². The minimum atomic E-state index is -3.81. The number of sulfonamides is 1. The minimum absolute atomic E-state index is 0.0214. The van der Waals surface area contributed by atoms with E-state index in [4.69, 9.17) is 23.2 Å². The van der Waals surface area contributed by atoms with Crippen LogP contribution >= 0.6 is 23.2 Å². The van der Waals surface area contributed by atoms with Gasteiger partial charge in [0.2, 0.25) is 21.8 Å². The predicted molar refractivity (Wildman–Crippen MR) is 157 cm³/mol. The molecule has 0 saturated heterocycles. The molecule has 10 heteroatoms. The average molecular weight is 591 g/mol. The maximum atomic E-state index is 14.0. The molecule has 39 heavy (non-hydrogen) atoms. The van der Waals surface area contributed by atoms with Crippen molar-refractivity contribution in [1.82, 2.24) is 10.2 Å². The summed E-state index contributed by atoms with van der Waals surface area (Å²) in [6, 6.07) is 21.7. The molecule has 0 fully saturated rings. The second-order valence-electron chi connectivity index (χ2n) is 9.40. The van der Waals surface area contributed by atoms with Gasteiger partial charge in [-0.2, -0.15) is 0 Å². The Morgan fingerprint density at radius 3 is 2.08 bits per heavy atom. The summed E-state index contributed by atoms with van der Waals surface area (Å²) in [6.07, 6.45) is 1.99. The minimum Gasteiger partial charge on any atom is -0.352 e. The Bertz CT molecular complexity index is 1370. The van der Waals surface area contributed by atoms with Crippen molar-refractivity contribution in [2.24, 2.45) is 0 Å². The second kappa shape index (κ2) is 13.8. The van der Waals surface area contributed by atoms with Crippen LogP contribution in [0.15, 0.2) is 78.9 Å². The van der Waals surface area contributed by atoms with Gasteiger partial charge in [-0.05, 0) is 48.7 Å². The third-order valence-corrected chi connectivity index (χ3v) is 8.21. The summed E-state index contributed by atoms with van der Waals surface area (Å²) in [5.41, 5.74) is 1.86. The lowest BCUT2D eigenvalue weighted by molar-refractivity contribution is -0.140. The number of carbonyl (C=O) groups is 2. The van der Waals surface area contributed by atoms with Crippen molar-refractivity contribution >= 4 is 50.7 Å². The van der Waals surface area contributed by atoms with E-state index in [2.05, 4.69) is 5.32 Å². The largest absolute Gasteiger partial charge is 0.352 e. The van der Waals surface area contributed by atoms with Gasteiger partial charge in [-0.3, -0.25) is 13.9 Å². The predicted octanol–water partition coefficient (Wildman–Crippen LogP) is 5.31. The molecule has 7 nitrogen and oxygen atoms in total. The molecule has 0 radical (unpaired) electrons. The molecule has 3 aromatic carbocycles. The molecule has 0 aliphatic rings. The van der Waals surface area contributed by atoms with E-state index in [1.54, 1.807) is 48.5 Å². The van der Waals surface area contributed by atoms with Gasteiger partial charge in [-0.1, -0.05) is 84.7 Å². The smallest absolute Gasteiger partial charge is 0.244 e. The first-order valence-electron chi connectivity index (χ1n) is 12.6. The molecule has 2 atom stereocenters. The molecule has 0 bridgehead atoms. The lowest BCUT2D eigenvalue weighted by Gasteiger charge is -2.34. The molecular formula is C29H33Cl2N3O4S. The van der Waals surface area contributed by atoms with Gasteiger partial charge in [0, 0.05) is 19.0 Å². The van der Waals surface area contributed by atoms with E-state index in [1.807, 2.05) is 44.2 Å². The van der Waals surface area contributed by atoms with Crippen LogP contribution in [0.2, 0.25) is 10.0 Å². The zero-order valence-electron chi connectivity index (χ0n) is 22.2. The third-order valence-electron chi connectivity index (χ3n) is 6.33. The van der Waals surface area contributed by atoms with Crippen molar-refractivity contribution < 1.29 is 18.0 Å². The highest BCUT2D eigenvalue weighted by molar-refractivity contribution is 7.92. The van der Waals surface area contributed by atoms with Crippen LogP contribution in [0.4, 0.5) is 5.69 Å². The van der Waals surface area contributed by atoms with Gasteiger partial charge in [-0.25, -0.2) is 8.42 Å². The van der Waals surface area contributed by atoms with Crippen LogP contribution in [0.5, 0.6) is 0 Å². The number of carbonyl (C=O) groups excluding carboxylic acids is 2. The Hall–Kier alpha value is -3.07. The molecule has 0 aliphatic heterocycles. The van der Waals surface area contributed by atoms with Crippen molar-refractivity contribution in [3.63, 3.8) is 0 Å². The molecule has 2 amide bonds. The van der Waals surface area contributed by atoms with E-state index in [0.717, 1.165) is 16.1 Å². The van der Waals surface area contributed by atoms with E-state index < -0.39 is 28.5 Å². The molecule has 3 rings (SSSR count). The quantitative estimate of drug-likeness (QED) is 0.310. The van der Waals surface area contributed by atoms with Crippen LogP contribution in [0.1, 0.15) is 31.4 Å². The topological polar surface area (TPSA) is 86.8 Å². The molecule has 0 heterocycles. The first-order chi connectivity index (χ1) is 18.5. The van der Waals surface area contributed by atoms with Gasteiger partial charge in [0.15, 0.2) is 0 Å². The SMILES string of the molecule is CC[C@H](C)NC(=O)[C@H](Cc1ccccc1)N(Cc1ccc(Cl)c(Cl)c1)C(=O)CN(c1ccccc1)S(C)(=O)=O. The van der Waals surface area contributed by atoms with Crippen molar-refractivity contribution in [3.8, 4) is 0 Å². The van der Waals surface area contributed by atoms with E-state index in [9.17, 15) is 18.0 Å². The summed E-state index contributed by atoms with van der Waals surface area (Å²) in [5, 5.41) is 3.67. The van der Waals surface area contributed by atoms with Crippen molar-refractivity contribution in [3.05, 3.63) is 100 Å². The first kappa shape index (κ1) is 30.5. The van der Waals surface area contributed by atoms with E-state index in [0.29, 0.717) is 27.7 Å². The fraction of sp³-hybridized carbons (Fsp3) is 0.310. The Morgan fingerprint density at radius 1 is 0.897 bits per heavy atom. The van der Waals surface area contributed by atoms with Crippen LogP contribution < -0.4 is 9.62 Å². The van der Waals surface area contributed by atoms with Crippen LogP contribution in [0.25, 0.3) is 0 Å². The van der Waals surface area contributed by atoms with Crippen molar-refractivity contribution in [1.29, 1.82) is 0 Å². The number of rotatable bonds is 12. The van der Waals surface area contributed by atoms with Crippen molar-refractivity contribution in [2.75, 3.05) is 17.1 Å². The van der Waals surface area contributed by atoms with Crippen LogP contribution in [0.3, 0.4) is 0 Å². The molecule has 3 aromatic rings. The van der Waals surface area contributed by atoms with Gasteiger partial charge in [-0.15, -0.1) is 0 Å². The maximum absolute atomic E-state index is 14.0. The second-order valence-corrected chi connectivity index (χ2v) is 12.1. The van der Waals surface area contributed by atoms with E-state index in [1.165, 1.54) is 4.90 Å². The van der Waals surface area contributed by atoms with E-state index in [-0.39, 0.29) is 24.9 Å².